The van der Waals surface area contributed by atoms with E-state index < -0.39 is 40.0 Å². The topological polar surface area (TPSA) is 170 Å². The largest absolute Gasteiger partial charge is 0.395 e. The van der Waals surface area contributed by atoms with Crippen molar-refractivity contribution in [1.29, 1.82) is 0 Å². The summed E-state index contributed by atoms with van der Waals surface area (Å²) in [5, 5.41) is 30.6. The number of thiazole rings is 1. The number of nitrogens with zero attached hydrogens (tertiary/aromatic N) is 1. The van der Waals surface area contributed by atoms with E-state index in [4.69, 9.17) is 0 Å². The monoisotopic (exact) mass is 575 g/mol. The standard InChI is InChI=1S/C26H33N5O6S2/c1-39(36,37)31-26-30-21(17-38-26)24(34)29-20(16-19-10-6-3-7-11-19)23(33)22(27-14-15-32)25(35)28-13-12-18-8-4-2-5-9-18/h2-11,17,20,22-23,27,32-33H,12-16H2,1H3,(H,28,35)(H,29,34)(H,30,31)/t20-,22+,23+/m0/s1. The molecule has 0 saturated carbocycles. The molecule has 6 N–H and O–H groups in total. The van der Waals surface area contributed by atoms with Crippen molar-refractivity contribution in [3.05, 3.63) is 82.9 Å². The molecule has 13 heteroatoms. The zero-order valence-electron chi connectivity index (χ0n) is 21.4. The smallest absolute Gasteiger partial charge is 0.271 e. The highest BCUT2D eigenvalue weighted by molar-refractivity contribution is 7.92. The Balaban J connectivity index is 1.76. The van der Waals surface area contributed by atoms with Crippen molar-refractivity contribution < 1.29 is 28.2 Å². The molecule has 39 heavy (non-hydrogen) atoms. The molecule has 11 nitrogen and oxygen atoms in total. The molecule has 0 unspecified atom stereocenters. The van der Waals surface area contributed by atoms with Crippen LogP contribution in [0.5, 0.6) is 0 Å². The number of carbonyl (C=O) groups excluding carboxylic acids is 2. The van der Waals surface area contributed by atoms with Crippen molar-refractivity contribution in [1.82, 2.24) is 20.9 Å². The summed E-state index contributed by atoms with van der Waals surface area (Å²) >= 11 is 0.945. The molecular formula is C26H33N5O6S2. The SMILES string of the molecule is CS(=O)(=O)Nc1nc(C(=O)N[C@@H](Cc2ccccc2)[C@@H](O)[C@@H](NCCO)C(=O)NCCc2ccccc2)cs1. The maximum absolute atomic E-state index is 13.1. The molecule has 2 aromatic carbocycles. The van der Waals surface area contributed by atoms with Crippen LogP contribution in [0.1, 0.15) is 21.6 Å². The first-order valence-electron chi connectivity index (χ1n) is 12.3. The van der Waals surface area contributed by atoms with Crippen LogP contribution >= 0.6 is 11.3 Å². The van der Waals surface area contributed by atoms with Crippen LogP contribution in [0.3, 0.4) is 0 Å². The molecule has 3 aromatic rings. The molecule has 210 valence electrons. The van der Waals surface area contributed by atoms with E-state index >= 15 is 0 Å². The predicted octanol–water partition coefficient (Wildman–Crippen LogP) is 0.526. The maximum atomic E-state index is 13.1. The molecule has 0 fully saturated rings. The first-order chi connectivity index (χ1) is 18.7. The molecule has 0 aliphatic carbocycles. The summed E-state index contributed by atoms with van der Waals surface area (Å²) in [5.41, 5.74) is 1.81. The minimum Gasteiger partial charge on any atom is -0.395 e. The minimum absolute atomic E-state index is 0.0306. The van der Waals surface area contributed by atoms with Gasteiger partial charge in [-0.1, -0.05) is 60.7 Å². The third kappa shape index (κ3) is 10.0. The first-order valence-corrected chi connectivity index (χ1v) is 15.1. The van der Waals surface area contributed by atoms with Crippen LogP contribution in [0.4, 0.5) is 5.13 Å². The van der Waals surface area contributed by atoms with Gasteiger partial charge in [0.05, 0.1) is 25.0 Å². The summed E-state index contributed by atoms with van der Waals surface area (Å²) in [6.07, 6.45) is 0.378. The summed E-state index contributed by atoms with van der Waals surface area (Å²) in [6.45, 7) is 0.120. The molecule has 1 heterocycles. The van der Waals surface area contributed by atoms with Crippen LogP contribution in [0.15, 0.2) is 66.0 Å². The van der Waals surface area contributed by atoms with Crippen molar-refractivity contribution >= 4 is 38.3 Å². The van der Waals surface area contributed by atoms with Gasteiger partial charge in [-0.25, -0.2) is 13.4 Å². The van der Waals surface area contributed by atoms with Crippen molar-refractivity contribution in [2.45, 2.75) is 31.0 Å². The van der Waals surface area contributed by atoms with Gasteiger partial charge in [0.15, 0.2) is 5.13 Å². The fourth-order valence-electron chi connectivity index (χ4n) is 3.86. The highest BCUT2D eigenvalue weighted by Gasteiger charge is 2.34. The Kier molecular flexibility index (Phi) is 11.4. The second kappa shape index (κ2) is 14.7. The third-order valence-electron chi connectivity index (χ3n) is 5.69. The number of carbonyl (C=O) groups is 2. The van der Waals surface area contributed by atoms with Gasteiger partial charge in [0.2, 0.25) is 15.9 Å². The third-order valence-corrected chi connectivity index (χ3v) is 7.14. The van der Waals surface area contributed by atoms with E-state index in [0.717, 1.165) is 28.7 Å². The van der Waals surface area contributed by atoms with E-state index in [1.807, 2.05) is 60.7 Å². The molecule has 3 rings (SSSR count). The van der Waals surface area contributed by atoms with E-state index in [1.165, 1.54) is 5.38 Å². The van der Waals surface area contributed by atoms with Gasteiger partial charge < -0.3 is 26.2 Å². The van der Waals surface area contributed by atoms with Crippen molar-refractivity contribution in [2.24, 2.45) is 0 Å². The van der Waals surface area contributed by atoms with Gasteiger partial charge in [0.25, 0.3) is 5.91 Å². The van der Waals surface area contributed by atoms with Crippen molar-refractivity contribution in [3.8, 4) is 0 Å². The Morgan fingerprint density at radius 2 is 1.64 bits per heavy atom. The number of rotatable bonds is 15. The lowest BCUT2D eigenvalue weighted by Crippen LogP contribution is -2.59. The molecule has 3 atom stereocenters. The van der Waals surface area contributed by atoms with Gasteiger partial charge in [-0.3, -0.25) is 14.3 Å². The Hall–Kier alpha value is -3.36. The zero-order valence-corrected chi connectivity index (χ0v) is 23.0. The number of anilines is 1. The summed E-state index contributed by atoms with van der Waals surface area (Å²) in [6, 6.07) is 16.7. The second-order valence-corrected chi connectivity index (χ2v) is 11.5. The van der Waals surface area contributed by atoms with Gasteiger partial charge in [-0.2, -0.15) is 0 Å². The van der Waals surface area contributed by atoms with Crippen molar-refractivity contribution in [3.63, 3.8) is 0 Å². The molecular weight excluding hydrogens is 542 g/mol. The average Bonchev–Trinajstić information content (AvgIpc) is 3.36. The Bertz CT molecular complexity index is 1300. The number of aliphatic hydroxyl groups excluding tert-OH is 2. The number of hydrogen-bond acceptors (Lipinski definition) is 9. The lowest BCUT2D eigenvalue weighted by molar-refractivity contribution is -0.126. The highest BCUT2D eigenvalue weighted by atomic mass is 32.2. The highest BCUT2D eigenvalue weighted by Crippen LogP contribution is 2.17. The van der Waals surface area contributed by atoms with Gasteiger partial charge in [0.1, 0.15) is 11.7 Å². The maximum Gasteiger partial charge on any atom is 0.271 e. The number of aromatic nitrogens is 1. The van der Waals surface area contributed by atoms with Crippen molar-refractivity contribution in [2.75, 3.05) is 30.7 Å². The number of amides is 2. The summed E-state index contributed by atoms with van der Waals surface area (Å²) < 4.78 is 25.2. The van der Waals surface area contributed by atoms with Gasteiger partial charge in [-0.15, -0.1) is 11.3 Å². The number of aliphatic hydroxyl groups is 2. The first kappa shape index (κ1) is 30.2. The molecule has 0 aliphatic heterocycles. The van der Waals surface area contributed by atoms with Gasteiger partial charge in [-0.05, 0) is 24.0 Å². The summed E-state index contributed by atoms with van der Waals surface area (Å²) in [4.78, 5) is 30.2. The average molecular weight is 576 g/mol. The molecule has 2 amide bonds. The van der Waals surface area contributed by atoms with E-state index in [9.17, 15) is 28.2 Å². The lowest BCUT2D eigenvalue weighted by Gasteiger charge is -2.30. The number of benzene rings is 2. The fourth-order valence-corrected chi connectivity index (χ4v) is 5.40. The second-order valence-electron chi connectivity index (χ2n) is 8.85. The molecule has 0 spiro atoms. The normalized spacial score (nSPS) is 13.7. The van der Waals surface area contributed by atoms with E-state index in [2.05, 4.69) is 25.7 Å². The van der Waals surface area contributed by atoms with Crippen LogP contribution in [-0.4, -0.2) is 79.6 Å². The van der Waals surface area contributed by atoms with Gasteiger partial charge >= 0.3 is 0 Å². The Morgan fingerprint density at radius 3 is 2.26 bits per heavy atom. The minimum atomic E-state index is -3.57. The fraction of sp³-hybridized carbons (Fsp3) is 0.346. The van der Waals surface area contributed by atoms with Crippen LogP contribution < -0.4 is 20.7 Å². The zero-order chi connectivity index (χ0) is 28.3. The van der Waals surface area contributed by atoms with Crippen LogP contribution in [-0.2, 0) is 27.7 Å². The lowest BCUT2D eigenvalue weighted by atomic mass is 9.95. The molecule has 1 aromatic heterocycles. The molecule has 0 bridgehead atoms. The van der Waals surface area contributed by atoms with Crippen LogP contribution in [0.2, 0.25) is 0 Å². The molecule has 0 aliphatic rings. The Morgan fingerprint density at radius 1 is 1.00 bits per heavy atom. The van der Waals surface area contributed by atoms with E-state index in [-0.39, 0.29) is 30.4 Å². The molecule has 0 saturated heterocycles. The molecule has 0 radical (unpaired) electrons. The Labute approximate surface area is 231 Å². The predicted molar refractivity (Wildman–Crippen MR) is 150 cm³/mol. The quantitative estimate of drug-likeness (QED) is 0.152. The number of nitrogens with one attached hydrogen (secondary N) is 4. The number of sulfonamides is 1. The van der Waals surface area contributed by atoms with Gasteiger partial charge in [0, 0.05) is 18.5 Å². The van der Waals surface area contributed by atoms with E-state index in [0.29, 0.717) is 13.0 Å². The van der Waals surface area contributed by atoms with Crippen LogP contribution in [0, 0.1) is 0 Å². The van der Waals surface area contributed by atoms with E-state index in [1.54, 1.807) is 0 Å². The number of hydrogen-bond donors (Lipinski definition) is 6. The summed E-state index contributed by atoms with van der Waals surface area (Å²) in [7, 11) is -3.57. The summed E-state index contributed by atoms with van der Waals surface area (Å²) in [5.74, 6) is -1.12. The van der Waals surface area contributed by atoms with Crippen LogP contribution in [0.25, 0.3) is 0 Å².